The average molecular weight is 473 g/mol. The molecule has 4 nitrogen and oxygen atoms in total. The minimum Gasteiger partial charge on any atom is -0.381 e. The Bertz CT molecular complexity index is 499. The minimum atomic E-state index is 0. The van der Waals surface area contributed by atoms with Gasteiger partial charge in [0.05, 0.1) is 6.61 Å². The quantitative estimate of drug-likeness (QED) is 0.266. The third-order valence-electron chi connectivity index (χ3n) is 4.76. The molecule has 2 unspecified atom stereocenters. The van der Waals surface area contributed by atoms with E-state index >= 15 is 0 Å². The summed E-state index contributed by atoms with van der Waals surface area (Å²) in [6.45, 7) is 9.52. The van der Waals surface area contributed by atoms with Crippen molar-refractivity contribution >= 4 is 29.9 Å². The lowest BCUT2D eigenvalue weighted by molar-refractivity contribution is 0.133. The van der Waals surface area contributed by atoms with Crippen molar-refractivity contribution in [2.24, 2.45) is 16.8 Å². The Morgan fingerprint density at radius 1 is 1.12 bits per heavy atom. The van der Waals surface area contributed by atoms with Gasteiger partial charge in [-0.05, 0) is 43.1 Å². The van der Waals surface area contributed by atoms with Crippen molar-refractivity contribution in [3.8, 4) is 0 Å². The van der Waals surface area contributed by atoms with Crippen molar-refractivity contribution in [1.82, 2.24) is 10.2 Å². The Hall–Kier alpha value is -0.820. The van der Waals surface area contributed by atoms with Crippen molar-refractivity contribution in [3.05, 3.63) is 35.9 Å². The molecule has 0 amide bonds. The second-order valence-corrected chi connectivity index (χ2v) is 7.38. The Kier molecular flexibility index (Phi) is 11.9. The fraction of sp³-hybridized carbons (Fsp3) is 0.667. The van der Waals surface area contributed by atoms with Crippen molar-refractivity contribution in [2.75, 3.05) is 39.9 Å². The molecule has 1 aromatic rings. The van der Waals surface area contributed by atoms with Crippen LogP contribution in [-0.4, -0.2) is 50.8 Å². The first-order valence-corrected chi connectivity index (χ1v) is 9.76. The first-order valence-electron chi connectivity index (χ1n) is 9.76. The number of piperidine rings is 1. The highest BCUT2D eigenvalue weighted by atomic mass is 127. The predicted octanol–water partition coefficient (Wildman–Crippen LogP) is 4.20. The van der Waals surface area contributed by atoms with Gasteiger partial charge < -0.3 is 15.0 Å². The van der Waals surface area contributed by atoms with Crippen LogP contribution in [0.4, 0.5) is 0 Å². The number of nitrogens with one attached hydrogen (secondary N) is 1. The fourth-order valence-electron chi connectivity index (χ4n) is 3.63. The van der Waals surface area contributed by atoms with Gasteiger partial charge in [0.1, 0.15) is 0 Å². The number of unbranched alkanes of at least 4 members (excludes halogenated alkanes) is 1. The molecule has 1 heterocycles. The van der Waals surface area contributed by atoms with Gasteiger partial charge in [0.2, 0.25) is 0 Å². The molecule has 1 saturated heterocycles. The summed E-state index contributed by atoms with van der Waals surface area (Å²) in [6.07, 6.45) is 4.53. The summed E-state index contributed by atoms with van der Waals surface area (Å²) in [5, 5.41) is 3.52. The summed E-state index contributed by atoms with van der Waals surface area (Å²) >= 11 is 0. The summed E-state index contributed by atoms with van der Waals surface area (Å²) in [5.41, 5.74) is 1.35. The van der Waals surface area contributed by atoms with Crippen LogP contribution in [0.1, 0.15) is 38.7 Å². The molecule has 5 heteroatoms. The van der Waals surface area contributed by atoms with E-state index in [1.165, 1.54) is 12.0 Å². The lowest BCUT2D eigenvalue weighted by Gasteiger charge is -2.37. The highest BCUT2D eigenvalue weighted by Gasteiger charge is 2.23. The Balaban J connectivity index is 0.00000338. The fourth-order valence-corrected chi connectivity index (χ4v) is 3.63. The molecule has 0 bridgehead atoms. The normalized spacial score (nSPS) is 20.6. The molecular weight excluding hydrogens is 437 g/mol. The maximum Gasteiger partial charge on any atom is 0.193 e. The lowest BCUT2D eigenvalue weighted by atomic mass is 9.92. The van der Waals surface area contributed by atoms with E-state index in [9.17, 15) is 0 Å². The maximum absolute atomic E-state index is 5.75. The van der Waals surface area contributed by atoms with Crippen molar-refractivity contribution in [2.45, 2.75) is 39.5 Å². The largest absolute Gasteiger partial charge is 0.381 e. The van der Waals surface area contributed by atoms with E-state index in [1.807, 2.05) is 7.05 Å². The highest BCUT2D eigenvalue weighted by molar-refractivity contribution is 14.0. The van der Waals surface area contributed by atoms with Gasteiger partial charge in [-0.25, -0.2) is 0 Å². The van der Waals surface area contributed by atoms with Crippen LogP contribution in [-0.2, 0) is 11.2 Å². The van der Waals surface area contributed by atoms with Crippen LogP contribution in [0, 0.1) is 11.8 Å². The van der Waals surface area contributed by atoms with E-state index in [1.54, 1.807) is 0 Å². The smallest absolute Gasteiger partial charge is 0.193 e. The SMILES string of the molecule is CN=C(NCCCCOCCc1ccccc1)N1CC(C)CC(C)C1.I. The highest BCUT2D eigenvalue weighted by Crippen LogP contribution is 2.20. The summed E-state index contributed by atoms with van der Waals surface area (Å²) in [7, 11) is 1.89. The number of halogens is 1. The number of rotatable bonds is 8. The zero-order chi connectivity index (χ0) is 17.9. The van der Waals surface area contributed by atoms with Crippen LogP contribution in [0.2, 0.25) is 0 Å². The molecule has 2 rings (SSSR count). The zero-order valence-corrected chi connectivity index (χ0v) is 18.9. The van der Waals surface area contributed by atoms with Gasteiger partial charge in [0.15, 0.2) is 5.96 Å². The van der Waals surface area contributed by atoms with E-state index in [-0.39, 0.29) is 24.0 Å². The van der Waals surface area contributed by atoms with Gasteiger partial charge in [-0.3, -0.25) is 4.99 Å². The topological polar surface area (TPSA) is 36.9 Å². The molecule has 0 saturated carbocycles. The second-order valence-electron chi connectivity index (χ2n) is 7.38. The van der Waals surface area contributed by atoms with Crippen molar-refractivity contribution < 1.29 is 4.74 Å². The summed E-state index contributed by atoms with van der Waals surface area (Å²) < 4.78 is 5.75. The van der Waals surface area contributed by atoms with Gasteiger partial charge in [-0.15, -0.1) is 24.0 Å². The van der Waals surface area contributed by atoms with E-state index in [0.29, 0.717) is 0 Å². The van der Waals surface area contributed by atoms with Crippen LogP contribution in [0.3, 0.4) is 0 Å². The van der Waals surface area contributed by atoms with E-state index < -0.39 is 0 Å². The van der Waals surface area contributed by atoms with Gasteiger partial charge in [0.25, 0.3) is 0 Å². The molecule has 1 aromatic carbocycles. The number of hydrogen-bond acceptors (Lipinski definition) is 2. The number of ether oxygens (including phenoxy) is 1. The molecule has 0 aromatic heterocycles. The van der Waals surface area contributed by atoms with E-state index in [2.05, 4.69) is 59.4 Å². The number of aliphatic imine (C=N–C) groups is 1. The Labute approximate surface area is 176 Å². The molecule has 0 aliphatic carbocycles. The number of likely N-dealkylation sites (tertiary alicyclic amines) is 1. The molecule has 2 atom stereocenters. The average Bonchev–Trinajstić information content (AvgIpc) is 2.60. The second kappa shape index (κ2) is 13.4. The monoisotopic (exact) mass is 473 g/mol. The Morgan fingerprint density at radius 3 is 2.46 bits per heavy atom. The third-order valence-corrected chi connectivity index (χ3v) is 4.76. The van der Waals surface area contributed by atoms with Crippen LogP contribution in [0.15, 0.2) is 35.3 Å². The minimum absolute atomic E-state index is 0. The van der Waals surface area contributed by atoms with Gasteiger partial charge in [-0.2, -0.15) is 0 Å². The van der Waals surface area contributed by atoms with Gasteiger partial charge in [0, 0.05) is 33.3 Å². The first-order chi connectivity index (χ1) is 12.2. The summed E-state index contributed by atoms with van der Waals surface area (Å²) in [6, 6.07) is 10.5. The predicted molar refractivity (Wildman–Crippen MR) is 121 cm³/mol. The maximum atomic E-state index is 5.75. The van der Waals surface area contributed by atoms with Gasteiger partial charge in [-0.1, -0.05) is 44.2 Å². The number of hydrogen-bond donors (Lipinski definition) is 1. The molecular formula is C21H36IN3O. The van der Waals surface area contributed by atoms with Crippen LogP contribution in [0.25, 0.3) is 0 Å². The first kappa shape index (κ1) is 23.2. The van der Waals surface area contributed by atoms with Crippen molar-refractivity contribution in [1.29, 1.82) is 0 Å². The molecule has 1 aliphatic rings. The summed E-state index contributed by atoms with van der Waals surface area (Å²) in [5.74, 6) is 2.56. The number of benzene rings is 1. The molecule has 1 fully saturated rings. The lowest BCUT2D eigenvalue weighted by Crippen LogP contribution is -2.48. The standard InChI is InChI=1S/C21H35N3O.HI/c1-18-15-19(2)17-24(16-18)21(22-3)23-12-7-8-13-25-14-11-20-9-5-4-6-10-20;/h4-6,9-10,18-19H,7-8,11-17H2,1-3H3,(H,22,23);1H. The van der Waals surface area contributed by atoms with Crippen LogP contribution in [0.5, 0.6) is 0 Å². The molecule has 0 radical (unpaired) electrons. The number of nitrogens with zero attached hydrogens (tertiary/aromatic N) is 2. The van der Waals surface area contributed by atoms with Crippen LogP contribution < -0.4 is 5.32 Å². The molecule has 148 valence electrons. The molecule has 1 aliphatic heterocycles. The summed E-state index contributed by atoms with van der Waals surface area (Å²) in [4.78, 5) is 6.87. The van der Waals surface area contributed by atoms with Crippen molar-refractivity contribution in [3.63, 3.8) is 0 Å². The van der Waals surface area contributed by atoms with Gasteiger partial charge >= 0.3 is 0 Å². The third kappa shape index (κ3) is 8.71. The van der Waals surface area contributed by atoms with E-state index in [0.717, 1.165) is 69.9 Å². The molecule has 26 heavy (non-hydrogen) atoms. The number of guanidine groups is 1. The molecule has 1 N–H and O–H groups in total. The van der Waals surface area contributed by atoms with E-state index in [4.69, 9.17) is 4.74 Å². The zero-order valence-electron chi connectivity index (χ0n) is 16.6. The molecule has 0 spiro atoms. The van der Waals surface area contributed by atoms with Crippen LogP contribution >= 0.6 is 24.0 Å². The Morgan fingerprint density at radius 2 is 1.81 bits per heavy atom.